The average Bonchev–Trinajstić information content (AvgIpc) is 3.40. The van der Waals surface area contributed by atoms with Crippen molar-refractivity contribution in [3.8, 4) is 0 Å². The van der Waals surface area contributed by atoms with E-state index >= 15 is 0 Å². The second kappa shape index (κ2) is 16.5. The van der Waals surface area contributed by atoms with Gasteiger partial charge in [0, 0.05) is 49.3 Å². The number of halogens is 3. The normalized spacial score (nSPS) is 31.5. The van der Waals surface area contributed by atoms with Gasteiger partial charge < -0.3 is 41.1 Å². The summed E-state index contributed by atoms with van der Waals surface area (Å²) in [6, 6.07) is 1.54. The summed E-state index contributed by atoms with van der Waals surface area (Å²) in [5.41, 5.74) is -1.08. The lowest BCUT2D eigenvalue weighted by Gasteiger charge is -2.39. The van der Waals surface area contributed by atoms with E-state index in [1.165, 1.54) is 22.8 Å². The molecule has 1 aliphatic carbocycles. The van der Waals surface area contributed by atoms with Gasteiger partial charge in [-0.1, -0.05) is 31.5 Å². The molecular weight excluding hydrogens is 792 g/mol. The molecule has 0 bridgehead atoms. The van der Waals surface area contributed by atoms with Crippen molar-refractivity contribution < 1.29 is 47.4 Å². The Hall–Kier alpha value is -5.16. The van der Waals surface area contributed by atoms with E-state index < -0.39 is 107 Å². The van der Waals surface area contributed by atoms with E-state index in [1.54, 1.807) is 25.1 Å². The summed E-state index contributed by atoms with van der Waals surface area (Å²) in [4.78, 5) is 103. The molecule has 15 nitrogen and oxygen atoms in total. The van der Waals surface area contributed by atoms with Crippen molar-refractivity contribution in [2.75, 3.05) is 25.0 Å². The Labute approximate surface area is 344 Å². The highest BCUT2D eigenvalue weighted by atomic mass is 35.5. The second-order valence-corrected chi connectivity index (χ2v) is 17.1. The molecule has 4 aliphatic heterocycles. The van der Waals surface area contributed by atoms with Crippen LogP contribution in [0.2, 0.25) is 5.02 Å². The molecule has 2 aromatic carbocycles. The number of urea groups is 1. The average molecular weight is 840 g/mol. The summed E-state index contributed by atoms with van der Waals surface area (Å²) in [7, 11) is 0. The lowest BCUT2D eigenvalue weighted by atomic mass is 9.90. The number of Topliss-reactive ketones (excluding diaryl/α,β-unsaturated/α-hetero) is 1. The molecule has 4 heterocycles. The molecule has 59 heavy (non-hydrogen) atoms. The standard InChI is InChI=1S/C41H48ClF2N7O8/c1-20-17-41-32(34(41)53)21(2)33(48-35(54)29(13-23-11-25(43)15-26(44)12-23)47-40(59)46-27-8-6-7-24(42)14-27)39(58)50-19-28(52)16-31(50)38(57)49-10-5-4-9-30(49)36(55)45-22(3)37(56)51(41)18-20/h6-8,11-12,14-15,20-22,28-33,52H,4-5,9-10,13,16-19H2,1-3H3,(H,45,55)(H,48,54)(H2,46,47,59)/t20-,21-,22+,28-,29+,30+,31+,32?,33+,41+/m1/s1. The Morgan fingerprint density at radius 1 is 0.949 bits per heavy atom. The van der Waals surface area contributed by atoms with Crippen molar-refractivity contribution in [1.29, 1.82) is 0 Å². The van der Waals surface area contributed by atoms with Crippen LogP contribution in [0.15, 0.2) is 42.5 Å². The van der Waals surface area contributed by atoms with E-state index in [9.17, 15) is 47.4 Å². The topological polar surface area (TPSA) is 198 Å². The third-order valence-electron chi connectivity index (χ3n) is 12.4. The lowest BCUT2D eigenvalue weighted by Crippen LogP contribution is -2.61. The molecular formula is C41H48ClF2N7O8. The highest BCUT2D eigenvalue weighted by Crippen LogP contribution is 2.57. The van der Waals surface area contributed by atoms with Crippen molar-refractivity contribution in [1.82, 2.24) is 30.7 Å². The maximum Gasteiger partial charge on any atom is 0.319 e. The van der Waals surface area contributed by atoms with Crippen LogP contribution in [-0.2, 0) is 35.2 Å². The number of carbonyl (C=O) groups is 7. The molecule has 4 saturated heterocycles. The molecule has 5 aliphatic rings. The van der Waals surface area contributed by atoms with Gasteiger partial charge in [-0.05, 0) is 80.3 Å². The van der Waals surface area contributed by atoms with Gasteiger partial charge in [0.15, 0.2) is 5.78 Å². The van der Waals surface area contributed by atoms with Crippen LogP contribution in [0.25, 0.3) is 0 Å². The first-order valence-corrected chi connectivity index (χ1v) is 20.4. The van der Waals surface area contributed by atoms with Gasteiger partial charge >= 0.3 is 6.03 Å². The molecule has 316 valence electrons. The van der Waals surface area contributed by atoms with Crippen LogP contribution in [0.1, 0.15) is 58.4 Å². The second-order valence-electron chi connectivity index (χ2n) is 16.7. The van der Waals surface area contributed by atoms with E-state index in [2.05, 4.69) is 21.3 Å². The highest BCUT2D eigenvalue weighted by Gasteiger charge is 2.74. The fraction of sp³-hybridized carbons (Fsp3) is 0.537. The van der Waals surface area contributed by atoms with Crippen LogP contribution < -0.4 is 21.3 Å². The highest BCUT2D eigenvalue weighted by molar-refractivity contribution is 6.30. The number of nitrogens with one attached hydrogen (secondary N) is 4. The quantitative estimate of drug-likeness (QED) is 0.292. The Bertz CT molecular complexity index is 2060. The van der Waals surface area contributed by atoms with E-state index in [0.717, 1.165) is 17.0 Å². The third kappa shape index (κ3) is 8.23. The maximum absolute atomic E-state index is 15.0. The van der Waals surface area contributed by atoms with Gasteiger partial charge in [0.25, 0.3) is 0 Å². The summed E-state index contributed by atoms with van der Waals surface area (Å²) in [5, 5.41) is 21.8. The van der Waals surface area contributed by atoms with Crippen LogP contribution in [0.4, 0.5) is 19.3 Å². The van der Waals surface area contributed by atoms with Gasteiger partial charge in [0.05, 0.1) is 12.0 Å². The number of aliphatic hydroxyl groups excluding tert-OH is 1. The molecule has 18 heteroatoms. The van der Waals surface area contributed by atoms with Gasteiger partial charge in [-0.2, -0.15) is 0 Å². The summed E-state index contributed by atoms with van der Waals surface area (Å²) < 4.78 is 28.8. The summed E-state index contributed by atoms with van der Waals surface area (Å²) in [6.45, 7) is 5.08. The van der Waals surface area contributed by atoms with E-state index in [4.69, 9.17) is 11.6 Å². The molecule has 1 saturated carbocycles. The first-order valence-electron chi connectivity index (χ1n) is 20.0. The molecule has 2 aromatic rings. The molecule has 7 amide bonds. The molecule has 5 N–H and O–H groups in total. The Morgan fingerprint density at radius 3 is 2.39 bits per heavy atom. The molecule has 0 radical (unpaired) electrons. The first-order chi connectivity index (χ1) is 28.0. The number of hydrogen-bond donors (Lipinski definition) is 5. The number of hydrogen-bond acceptors (Lipinski definition) is 8. The number of rotatable bonds is 6. The minimum Gasteiger partial charge on any atom is -0.391 e. The Morgan fingerprint density at radius 2 is 1.68 bits per heavy atom. The van der Waals surface area contributed by atoms with E-state index in [1.807, 2.05) is 6.92 Å². The minimum absolute atomic E-state index is 0.000684. The van der Waals surface area contributed by atoms with Crippen LogP contribution in [0.5, 0.6) is 0 Å². The zero-order valence-electron chi connectivity index (χ0n) is 32.9. The number of piperidine rings is 1. The Kier molecular flexibility index (Phi) is 11.7. The number of ketones is 1. The monoisotopic (exact) mass is 839 g/mol. The smallest absolute Gasteiger partial charge is 0.319 e. The third-order valence-corrected chi connectivity index (χ3v) is 12.6. The van der Waals surface area contributed by atoms with Crippen molar-refractivity contribution in [2.45, 2.75) is 101 Å². The predicted octanol–water partition coefficient (Wildman–Crippen LogP) is 2.14. The van der Waals surface area contributed by atoms with E-state index in [-0.39, 0.29) is 55.4 Å². The van der Waals surface area contributed by atoms with Gasteiger partial charge in [-0.15, -0.1) is 0 Å². The fourth-order valence-corrected chi connectivity index (χ4v) is 9.88. The van der Waals surface area contributed by atoms with Crippen molar-refractivity contribution in [3.63, 3.8) is 0 Å². The molecule has 7 rings (SSSR count). The molecule has 5 fully saturated rings. The number of carbonyl (C=O) groups excluding carboxylic acids is 7. The zero-order valence-corrected chi connectivity index (χ0v) is 33.6. The van der Waals surface area contributed by atoms with Gasteiger partial charge in [0.1, 0.15) is 47.4 Å². The summed E-state index contributed by atoms with van der Waals surface area (Å²) in [6.07, 6.45) is 0.0388. The number of fused-ring (bicyclic) bond motifs is 2. The van der Waals surface area contributed by atoms with Crippen LogP contribution >= 0.6 is 11.6 Å². The number of aliphatic hydroxyl groups is 1. The zero-order chi connectivity index (χ0) is 42.5. The molecule has 1 unspecified atom stereocenters. The van der Waals surface area contributed by atoms with E-state index in [0.29, 0.717) is 30.4 Å². The summed E-state index contributed by atoms with van der Waals surface area (Å²) >= 11 is 6.08. The molecule has 0 aromatic heterocycles. The number of amides is 7. The predicted molar refractivity (Wildman–Crippen MR) is 208 cm³/mol. The maximum atomic E-state index is 15.0. The van der Waals surface area contributed by atoms with Crippen LogP contribution in [0, 0.1) is 29.4 Å². The SMILES string of the molecule is C[C@H]1CN2C(=O)[C@H](C)NC(=O)[C@@H]3CCCCN3C(=O)[C@@H]3C[C@@H](O)CN3C(=O)[C@@H](NC(=O)[C@H](Cc3cc(F)cc(F)c3)NC(=O)Nc3cccc(Cl)c3)[C@H](C)C3C(=O)[C@]32C1. The van der Waals surface area contributed by atoms with Crippen LogP contribution in [0.3, 0.4) is 0 Å². The minimum atomic E-state index is -1.56. The van der Waals surface area contributed by atoms with Gasteiger partial charge in [0.2, 0.25) is 29.5 Å². The Balaban J connectivity index is 1.27. The lowest BCUT2D eigenvalue weighted by molar-refractivity contribution is -0.151. The molecule has 1 spiro atoms. The number of anilines is 1. The largest absolute Gasteiger partial charge is 0.391 e. The molecule has 10 atom stereocenters. The van der Waals surface area contributed by atoms with Crippen molar-refractivity contribution >= 4 is 58.6 Å². The van der Waals surface area contributed by atoms with Gasteiger partial charge in [-0.25, -0.2) is 13.6 Å². The number of nitrogens with zero attached hydrogens (tertiary/aromatic N) is 3. The van der Waals surface area contributed by atoms with Crippen LogP contribution in [-0.4, -0.2) is 123 Å². The number of benzene rings is 2. The van der Waals surface area contributed by atoms with Crippen molar-refractivity contribution in [2.24, 2.45) is 17.8 Å². The van der Waals surface area contributed by atoms with Gasteiger partial charge in [-0.3, -0.25) is 28.8 Å². The summed E-state index contributed by atoms with van der Waals surface area (Å²) in [5.74, 6) is -7.70. The van der Waals surface area contributed by atoms with Crippen molar-refractivity contribution in [3.05, 3.63) is 64.7 Å². The fourth-order valence-electron chi connectivity index (χ4n) is 9.69. The first kappa shape index (κ1) is 42.0.